The number of hydrogen-bond acceptors (Lipinski definition) is 5. The molecule has 0 aliphatic carbocycles. The zero-order valence-electron chi connectivity index (χ0n) is 10.7. The van der Waals surface area contributed by atoms with Gasteiger partial charge in [0.1, 0.15) is 0 Å². The average molecular weight is 318 g/mol. The number of benzene rings is 1. The lowest BCUT2D eigenvalue weighted by molar-refractivity contribution is 0.100. The number of nitrogens with two attached hydrogens (primary N) is 1. The predicted molar refractivity (Wildman–Crippen MR) is 80.0 cm³/mol. The average Bonchev–Trinajstić information content (AvgIpc) is 2.92. The molecule has 1 aromatic carbocycles. The summed E-state index contributed by atoms with van der Waals surface area (Å²) in [7, 11) is -3.69. The molecule has 3 rings (SSSR count). The van der Waals surface area contributed by atoms with Gasteiger partial charge in [0.25, 0.3) is 5.91 Å². The third kappa shape index (κ3) is 2.30. The van der Waals surface area contributed by atoms with E-state index in [9.17, 15) is 13.2 Å². The van der Waals surface area contributed by atoms with E-state index in [0.717, 1.165) is 11.3 Å². The molecule has 21 heavy (non-hydrogen) atoms. The zero-order valence-corrected chi connectivity index (χ0v) is 12.3. The summed E-state index contributed by atoms with van der Waals surface area (Å²) in [6.07, 6.45) is 2.82. The maximum Gasteiger partial charge on any atom is 0.258 e. The fourth-order valence-electron chi connectivity index (χ4n) is 2.00. The van der Waals surface area contributed by atoms with Gasteiger partial charge in [0.2, 0.25) is 9.84 Å². The monoisotopic (exact) mass is 318 g/mol. The molecule has 0 bridgehead atoms. The molecule has 0 saturated heterocycles. The fraction of sp³-hybridized carbons (Fsp3) is 0. The number of pyridine rings is 1. The molecule has 0 unspecified atom stereocenters. The predicted octanol–water partition coefficient (Wildman–Crippen LogP) is 2.23. The SMILES string of the molecule is NC(=O)c1cc2c(S(=O)(=O)c3ccccc3)cncc2s1. The molecule has 0 radical (unpaired) electrons. The van der Waals surface area contributed by atoms with Crippen molar-refractivity contribution in [2.75, 3.05) is 0 Å². The highest BCUT2D eigenvalue weighted by Gasteiger charge is 2.22. The van der Waals surface area contributed by atoms with Crippen LogP contribution in [-0.4, -0.2) is 19.3 Å². The summed E-state index contributed by atoms with van der Waals surface area (Å²) in [5.74, 6) is -0.584. The van der Waals surface area contributed by atoms with E-state index in [1.807, 2.05) is 0 Å². The van der Waals surface area contributed by atoms with E-state index < -0.39 is 15.7 Å². The third-order valence-corrected chi connectivity index (χ3v) is 5.88. The highest BCUT2D eigenvalue weighted by atomic mass is 32.2. The molecular weight excluding hydrogens is 308 g/mol. The lowest BCUT2D eigenvalue weighted by atomic mass is 10.3. The number of rotatable bonds is 3. The maximum absolute atomic E-state index is 12.7. The number of aromatic nitrogens is 1. The van der Waals surface area contributed by atoms with Crippen LogP contribution < -0.4 is 5.73 Å². The quantitative estimate of drug-likeness (QED) is 0.802. The number of carbonyl (C=O) groups is 1. The van der Waals surface area contributed by atoms with Crippen LogP contribution in [0.3, 0.4) is 0 Å². The number of sulfone groups is 1. The van der Waals surface area contributed by atoms with E-state index in [-0.39, 0.29) is 9.79 Å². The largest absolute Gasteiger partial charge is 0.365 e. The van der Waals surface area contributed by atoms with Crippen molar-refractivity contribution in [2.24, 2.45) is 5.73 Å². The van der Waals surface area contributed by atoms with Crippen molar-refractivity contribution >= 4 is 37.2 Å². The topological polar surface area (TPSA) is 90.1 Å². The van der Waals surface area contributed by atoms with Crippen LogP contribution in [0.2, 0.25) is 0 Å². The highest BCUT2D eigenvalue weighted by molar-refractivity contribution is 7.91. The van der Waals surface area contributed by atoms with Crippen molar-refractivity contribution < 1.29 is 13.2 Å². The van der Waals surface area contributed by atoms with Gasteiger partial charge in [-0.15, -0.1) is 11.3 Å². The molecule has 0 saturated carbocycles. The van der Waals surface area contributed by atoms with Crippen molar-refractivity contribution in [3.05, 3.63) is 53.7 Å². The summed E-state index contributed by atoms with van der Waals surface area (Å²) in [6.45, 7) is 0. The van der Waals surface area contributed by atoms with Gasteiger partial charge in [0.05, 0.1) is 19.4 Å². The van der Waals surface area contributed by atoms with Crippen LogP contribution in [0.1, 0.15) is 9.67 Å². The third-order valence-electron chi connectivity index (χ3n) is 3.00. The van der Waals surface area contributed by atoms with Crippen LogP contribution in [0.15, 0.2) is 58.6 Å². The molecule has 3 aromatic rings. The van der Waals surface area contributed by atoms with Gasteiger partial charge in [-0.3, -0.25) is 9.78 Å². The van der Waals surface area contributed by atoms with Crippen molar-refractivity contribution in [3.63, 3.8) is 0 Å². The summed E-state index contributed by atoms with van der Waals surface area (Å²) in [6, 6.07) is 9.60. The lowest BCUT2D eigenvalue weighted by Crippen LogP contribution is -2.08. The number of amides is 1. The van der Waals surface area contributed by atoms with E-state index >= 15 is 0 Å². The smallest absolute Gasteiger partial charge is 0.258 e. The summed E-state index contributed by atoms with van der Waals surface area (Å²) < 4.78 is 26.0. The Morgan fingerprint density at radius 1 is 1.14 bits per heavy atom. The number of hydrogen-bond donors (Lipinski definition) is 1. The molecule has 2 N–H and O–H groups in total. The van der Waals surface area contributed by atoms with Crippen LogP contribution >= 0.6 is 11.3 Å². The molecular formula is C14H10N2O3S2. The minimum Gasteiger partial charge on any atom is -0.365 e. The van der Waals surface area contributed by atoms with Crippen LogP contribution in [0.5, 0.6) is 0 Å². The van der Waals surface area contributed by atoms with Gasteiger partial charge in [0.15, 0.2) is 0 Å². The minimum absolute atomic E-state index is 0.0787. The highest BCUT2D eigenvalue weighted by Crippen LogP contribution is 2.32. The van der Waals surface area contributed by atoms with Gasteiger partial charge >= 0.3 is 0 Å². The van der Waals surface area contributed by atoms with Gasteiger partial charge in [-0.2, -0.15) is 0 Å². The first-order valence-electron chi connectivity index (χ1n) is 5.97. The molecule has 106 valence electrons. The lowest BCUT2D eigenvalue weighted by Gasteiger charge is -2.05. The number of fused-ring (bicyclic) bond motifs is 1. The Morgan fingerprint density at radius 3 is 2.52 bits per heavy atom. The first kappa shape index (κ1) is 13.7. The molecule has 0 spiro atoms. The van der Waals surface area contributed by atoms with Gasteiger partial charge in [-0.05, 0) is 18.2 Å². The Morgan fingerprint density at radius 2 is 1.86 bits per heavy atom. The number of carbonyl (C=O) groups excluding carboxylic acids is 1. The van der Waals surface area contributed by atoms with Crippen molar-refractivity contribution in [3.8, 4) is 0 Å². The summed E-state index contributed by atoms with van der Waals surface area (Å²) in [5, 5.41) is 0.465. The standard InChI is InChI=1S/C14H10N2O3S2/c15-14(17)11-6-10-12(20-11)7-16-8-13(10)21(18,19)9-4-2-1-3-5-9/h1-8H,(H2,15,17). The Hall–Kier alpha value is -2.25. The van der Waals surface area contributed by atoms with E-state index in [1.54, 1.807) is 18.2 Å². The molecule has 7 heteroatoms. The van der Waals surface area contributed by atoms with Gasteiger partial charge in [0, 0.05) is 17.8 Å². The number of nitrogens with zero attached hydrogens (tertiary/aromatic N) is 1. The summed E-state index contributed by atoms with van der Waals surface area (Å²) >= 11 is 1.13. The van der Waals surface area contributed by atoms with Crippen molar-refractivity contribution in [1.82, 2.24) is 4.98 Å². The molecule has 0 atom stereocenters. The molecule has 0 aliphatic heterocycles. The Bertz CT molecular complexity index is 931. The van der Waals surface area contributed by atoms with E-state index in [0.29, 0.717) is 15.0 Å². The first-order chi connectivity index (χ1) is 10.00. The summed E-state index contributed by atoms with van der Waals surface area (Å²) in [5.41, 5.74) is 5.25. The zero-order chi connectivity index (χ0) is 15.0. The fourth-order valence-corrected chi connectivity index (χ4v) is 4.40. The number of thiophene rings is 1. The second-order valence-corrected chi connectivity index (χ2v) is 7.34. The van der Waals surface area contributed by atoms with Crippen molar-refractivity contribution in [2.45, 2.75) is 9.79 Å². The van der Waals surface area contributed by atoms with Gasteiger partial charge in [-0.1, -0.05) is 18.2 Å². The molecule has 0 fully saturated rings. The second kappa shape index (κ2) is 4.94. The van der Waals surface area contributed by atoms with Crippen LogP contribution in [-0.2, 0) is 9.84 Å². The second-order valence-electron chi connectivity index (χ2n) is 4.34. The molecule has 1 amide bonds. The first-order valence-corrected chi connectivity index (χ1v) is 8.27. The Balaban J connectivity index is 2.28. The van der Waals surface area contributed by atoms with Gasteiger partial charge < -0.3 is 5.73 Å². The summed E-state index contributed by atoms with van der Waals surface area (Å²) in [4.78, 5) is 15.8. The maximum atomic E-state index is 12.7. The normalized spacial score (nSPS) is 11.6. The van der Waals surface area contributed by atoms with Crippen LogP contribution in [0.4, 0.5) is 0 Å². The van der Waals surface area contributed by atoms with Gasteiger partial charge in [-0.25, -0.2) is 8.42 Å². The molecule has 5 nitrogen and oxygen atoms in total. The molecule has 0 aliphatic rings. The van der Waals surface area contributed by atoms with Crippen LogP contribution in [0.25, 0.3) is 10.1 Å². The minimum atomic E-state index is -3.69. The van der Waals surface area contributed by atoms with Crippen molar-refractivity contribution in [1.29, 1.82) is 0 Å². The number of primary amides is 1. The Kier molecular flexibility index (Phi) is 3.23. The van der Waals surface area contributed by atoms with E-state index in [1.165, 1.54) is 30.6 Å². The Labute approximate surface area is 125 Å². The molecule has 2 aromatic heterocycles. The van der Waals surface area contributed by atoms with E-state index in [4.69, 9.17) is 5.73 Å². The molecule has 2 heterocycles. The van der Waals surface area contributed by atoms with Crippen LogP contribution in [0, 0.1) is 0 Å². The van der Waals surface area contributed by atoms with E-state index in [2.05, 4.69) is 4.98 Å².